The zero-order chi connectivity index (χ0) is 14.0. The first-order chi connectivity index (χ1) is 9.00. The van der Waals surface area contributed by atoms with Gasteiger partial charge in [0.05, 0.1) is 5.56 Å². The first kappa shape index (κ1) is 13.5. The van der Waals surface area contributed by atoms with Crippen molar-refractivity contribution in [1.82, 2.24) is 3.97 Å². The number of carbonyl (C=O) groups excluding carboxylic acids is 1. The van der Waals surface area contributed by atoms with Gasteiger partial charge >= 0.3 is 0 Å². The number of rotatable bonds is 3. The van der Waals surface area contributed by atoms with Crippen LogP contribution < -0.4 is 0 Å². The minimum absolute atomic E-state index is 0.0516. The van der Waals surface area contributed by atoms with E-state index in [1.54, 1.807) is 6.07 Å². The van der Waals surface area contributed by atoms with Crippen molar-refractivity contribution < 1.29 is 13.2 Å². The Balaban J connectivity index is 2.69. The van der Waals surface area contributed by atoms with Crippen LogP contribution in [0.25, 0.3) is 0 Å². The number of benzene rings is 1. The lowest BCUT2D eigenvalue weighted by Gasteiger charge is -2.08. The highest BCUT2D eigenvalue weighted by Crippen LogP contribution is 2.24. The molecule has 0 aliphatic rings. The van der Waals surface area contributed by atoms with E-state index < -0.39 is 10.0 Å². The van der Waals surface area contributed by atoms with Gasteiger partial charge in [0.2, 0.25) is 0 Å². The molecule has 0 aliphatic heterocycles. The first-order valence-electron chi connectivity index (χ1n) is 5.08. The van der Waals surface area contributed by atoms with Crippen molar-refractivity contribution in [3.05, 3.63) is 52.3 Å². The Morgan fingerprint density at radius 3 is 2.58 bits per heavy atom. The van der Waals surface area contributed by atoms with Crippen molar-refractivity contribution in [3.63, 3.8) is 0 Å². The van der Waals surface area contributed by atoms with Gasteiger partial charge in [-0.25, -0.2) is 12.4 Å². The van der Waals surface area contributed by atoms with Crippen LogP contribution in [0.1, 0.15) is 15.9 Å². The van der Waals surface area contributed by atoms with E-state index in [1.165, 1.54) is 30.5 Å². The minimum Gasteiger partial charge on any atom is -0.298 e. The summed E-state index contributed by atoms with van der Waals surface area (Å²) >= 11 is 3.08. The van der Waals surface area contributed by atoms with Crippen molar-refractivity contribution in [1.29, 1.82) is 5.26 Å². The molecule has 19 heavy (non-hydrogen) atoms. The quantitative estimate of drug-likeness (QED) is 0.803. The minimum atomic E-state index is -3.91. The average Bonchev–Trinajstić information content (AvgIpc) is 2.80. The number of hydrogen-bond acceptors (Lipinski definition) is 4. The number of aldehydes is 1. The van der Waals surface area contributed by atoms with E-state index in [0.29, 0.717) is 6.29 Å². The van der Waals surface area contributed by atoms with Crippen LogP contribution in [0.2, 0.25) is 0 Å². The van der Waals surface area contributed by atoms with E-state index in [4.69, 9.17) is 5.26 Å². The van der Waals surface area contributed by atoms with E-state index in [-0.39, 0.29) is 20.6 Å². The second kappa shape index (κ2) is 4.99. The summed E-state index contributed by atoms with van der Waals surface area (Å²) in [5.74, 6) is 0. The van der Waals surface area contributed by atoms with Gasteiger partial charge in [0.1, 0.15) is 15.6 Å². The molecule has 0 unspecified atom stereocenters. The highest BCUT2D eigenvalue weighted by Gasteiger charge is 2.22. The molecule has 0 spiro atoms. The van der Waals surface area contributed by atoms with Crippen molar-refractivity contribution in [2.45, 2.75) is 4.90 Å². The van der Waals surface area contributed by atoms with E-state index in [2.05, 4.69) is 15.9 Å². The molecule has 7 heteroatoms. The lowest BCUT2D eigenvalue weighted by molar-refractivity contribution is 0.112. The van der Waals surface area contributed by atoms with Crippen molar-refractivity contribution in [2.24, 2.45) is 0 Å². The molecule has 0 bridgehead atoms. The summed E-state index contributed by atoms with van der Waals surface area (Å²) in [5.41, 5.74) is 0.278. The Morgan fingerprint density at radius 2 is 2.00 bits per heavy atom. The van der Waals surface area contributed by atoms with E-state index >= 15 is 0 Å². The molecule has 0 atom stereocenters. The van der Waals surface area contributed by atoms with Crippen LogP contribution in [0.4, 0.5) is 0 Å². The van der Waals surface area contributed by atoms with Gasteiger partial charge in [0, 0.05) is 11.8 Å². The van der Waals surface area contributed by atoms with Gasteiger partial charge < -0.3 is 0 Å². The predicted octanol–water partition coefficient (Wildman–Crippen LogP) is 2.17. The molecule has 1 aromatic heterocycles. The summed E-state index contributed by atoms with van der Waals surface area (Å²) in [6.07, 6.45) is 1.74. The van der Waals surface area contributed by atoms with Crippen molar-refractivity contribution >= 4 is 32.2 Å². The van der Waals surface area contributed by atoms with Gasteiger partial charge in [0.15, 0.2) is 6.29 Å². The number of halogens is 1. The number of nitrogens with zero attached hydrogens (tertiary/aromatic N) is 2. The molecule has 2 aromatic rings. The van der Waals surface area contributed by atoms with E-state index in [9.17, 15) is 13.2 Å². The maximum Gasteiger partial charge on any atom is 0.269 e. The van der Waals surface area contributed by atoms with Crippen LogP contribution in [-0.2, 0) is 10.0 Å². The first-order valence-corrected chi connectivity index (χ1v) is 7.32. The summed E-state index contributed by atoms with van der Waals surface area (Å²) < 4.78 is 26.0. The molecule has 1 aromatic carbocycles. The fraction of sp³-hybridized carbons (Fsp3) is 0. The fourth-order valence-electron chi connectivity index (χ4n) is 1.57. The van der Waals surface area contributed by atoms with Gasteiger partial charge in [-0.2, -0.15) is 5.26 Å². The van der Waals surface area contributed by atoms with Crippen molar-refractivity contribution in [2.75, 3.05) is 0 Å². The molecule has 96 valence electrons. The van der Waals surface area contributed by atoms with Crippen molar-refractivity contribution in [3.8, 4) is 6.07 Å². The Kier molecular flexibility index (Phi) is 3.55. The lowest BCUT2D eigenvalue weighted by atomic mass is 10.2. The van der Waals surface area contributed by atoms with Crippen LogP contribution in [-0.4, -0.2) is 18.7 Å². The Morgan fingerprint density at radius 1 is 1.32 bits per heavy atom. The maximum absolute atomic E-state index is 12.4. The van der Waals surface area contributed by atoms with Gasteiger partial charge in [0.25, 0.3) is 10.0 Å². The van der Waals surface area contributed by atoms with Crippen LogP contribution in [0.5, 0.6) is 0 Å². The summed E-state index contributed by atoms with van der Waals surface area (Å²) in [7, 11) is -3.91. The average molecular weight is 339 g/mol. The highest BCUT2D eigenvalue weighted by molar-refractivity contribution is 9.10. The molecule has 5 nitrogen and oxygen atoms in total. The van der Waals surface area contributed by atoms with Gasteiger partial charge in [-0.1, -0.05) is 12.1 Å². The van der Waals surface area contributed by atoms with Crippen LogP contribution in [0, 0.1) is 11.3 Å². The lowest BCUT2D eigenvalue weighted by Crippen LogP contribution is -2.13. The zero-order valence-electron chi connectivity index (χ0n) is 9.45. The second-order valence-electron chi connectivity index (χ2n) is 3.62. The van der Waals surface area contributed by atoms with Gasteiger partial charge in [-0.3, -0.25) is 4.79 Å². The monoisotopic (exact) mass is 338 g/mol. The fourth-order valence-corrected chi connectivity index (χ4v) is 3.91. The number of carbonyl (C=O) groups is 1. The molecule has 0 aliphatic carbocycles. The number of nitriles is 1. The van der Waals surface area contributed by atoms with E-state index in [1.807, 2.05) is 6.07 Å². The molecule has 0 fully saturated rings. The molecule has 0 amide bonds. The summed E-state index contributed by atoms with van der Waals surface area (Å²) in [4.78, 5) is 10.6. The standard InChI is InChI=1S/C12H7BrN2O3S/c13-12-5-9(8-16)7-15(12)19(17,18)11-4-2-1-3-10(11)6-14/h1-5,7-8H. The van der Waals surface area contributed by atoms with E-state index in [0.717, 1.165) is 3.97 Å². The molecular weight excluding hydrogens is 332 g/mol. The van der Waals surface area contributed by atoms with Crippen LogP contribution in [0.15, 0.2) is 46.0 Å². The SMILES string of the molecule is N#Cc1ccccc1S(=O)(=O)n1cc(C=O)cc1Br. The Labute approximate surface area is 118 Å². The maximum atomic E-state index is 12.4. The molecule has 2 rings (SSSR count). The zero-order valence-corrected chi connectivity index (χ0v) is 11.8. The topological polar surface area (TPSA) is 79.9 Å². The van der Waals surface area contributed by atoms with Crippen LogP contribution in [0.3, 0.4) is 0 Å². The molecule has 0 saturated carbocycles. The number of hydrogen-bond donors (Lipinski definition) is 0. The predicted molar refractivity (Wildman–Crippen MR) is 71.3 cm³/mol. The Bertz CT molecular complexity index is 788. The normalized spacial score (nSPS) is 10.9. The van der Waals surface area contributed by atoms with Crippen LogP contribution >= 0.6 is 15.9 Å². The summed E-state index contributed by atoms with van der Waals surface area (Å²) in [6.45, 7) is 0. The highest BCUT2D eigenvalue weighted by atomic mass is 79.9. The molecular formula is C12H7BrN2O3S. The third-order valence-electron chi connectivity index (χ3n) is 2.44. The molecule has 1 heterocycles. The largest absolute Gasteiger partial charge is 0.298 e. The second-order valence-corrected chi connectivity index (χ2v) is 6.22. The Hall–Kier alpha value is -1.91. The number of aromatic nitrogens is 1. The smallest absolute Gasteiger partial charge is 0.269 e. The molecule has 0 N–H and O–H groups in total. The molecule has 0 saturated heterocycles. The van der Waals surface area contributed by atoms with Gasteiger partial charge in [-0.05, 0) is 34.1 Å². The summed E-state index contributed by atoms with van der Waals surface area (Å²) in [6, 6.07) is 9.11. The third kappa shape index (κ3) is 2.32. The molecule has 0 radical (unpaired) electrons. The third-order valence-corrected chi connectivity index (χ3v) is 5.02. The summed E-state index contributed by atoms with van der Waals surface area (Å²) in [5, 5.41) is 8.96. The van der Waals surface area contributed by atoms with Gasteiger partial charge in [-0.15, -0.1) is 0 Å².